The molecule has 1 atom stereocenters. The molecule has 0 aromatic carbocycles. The van der Waals surface area contributed by atoms with E-state index in [1.807, 2.05) is 0 Å². The van der Waals surface area contributed by atoms with Crippen molar-refractivity contribution in [3.63, 3.8) is 0 Å². The number of thiophene rings is 1. The Morgan fingerprint density at radius 3 is 2.82 bits per heavy atom. The third-order valence-corrected chi connectivity index (χ3v) is 3.15. The molecule has 0 bridgehead atoms. The first-order chi connectivity index (χ1) is 5.27. The molecule has 0 aliphatic heterocycles. The number of hydrogen-bond acceptors (Lipinski definition) is 2. The molecule has 1 fully saturated rings. The van der Waals surface area contributed by atoms with Crippen LogP contribution < -0.4 is 5.73 Å². The summed E-state index contributed by atoms with van der Waals surface area (Å²) in [6.45, 7) is 2.13. The number of aryl methyl sites for hydroxylation is 1. The topological polar surface area (TPSA) is 26.0 Å². The standard InChI is InChI=1S/C9H13NS/c1-6-4-8(5-11-6)9(10)7-2-3-7/h4-5,7,9H,2-3,10H2,1H3. The van der Waals surface area contributed by atoms with Gasteiger partial charge in [0.2, 0.25) is 0 Å². The molecule has 1 unspecified atom stereocenters. The molecular formula is C9H13NS. The highest BCUT2D eigenvalue weighted by Gasteiger charge is 2.29. The van der Waals surface area contributed by atoms with Gasteiger partial charge in [-0.25, -0.2) is 0 Å². The van der Waals surface area contributed by atoms with Crippen molar-refractivity contribution in [3.8, 4) is 0 Å². The van der Waals surface area contributed by atoms with Crippen LogP contribution in [-0.4, -0.2) is 0 Å². The molecule has 0 radical (unpaired) electrons. The second-order valence-corrected chi connectivity index (χ2v) is 4.47. The van der Waals surface area contributed by atoms with Crippen molar-refractivity contribution >= 4 is 11.3 Å². The SMILES string of the molecule is Cc1cc(C(N)C2CC2)cs1. The van der Waals surface area contributed by atoms with Crippen LogP contribution in [0.2, 0.25) is 0 Å². The first-order valence-electron chi connectivity index (χ1n) is 4.08. The summed E-state index contributed by atoms with van der Waals surface area (Å²) in [6, 6.07) is 2.54. The van der Waals surface area contributed by atoms with Gasteiger partial charge in [-0.2, -0.15) is 0 Å². The summed E-state index contributed by atoms with van der Waals surface area (Å²) in [6.07, 6.45) is 2.66. The van der Waals surface area contributed by atoms with Gasteiger partial charge < -0.3 is 5.73 Å². The zero-order valence-corrected chi connectivity index (χ0v) is 7.53. The molecule has 1 nitrogen and oxygen atoms in total. The minimum absolute atomic E-state index is 0.319. The largest absolute Gasteiger partial charge is 0.324 e. The fraction of sp³-hybridized carbons (Fsp3) is 0.556. The van der Waals surface area contributed by atoms with Crippen LogP contribution in [-0.2, 0) is 0 Å². The molecule has 0 spiro atoms. The molecule has 1 heterocycles. The van der Waals surface area contributed by atoms with Gasteiger partial charge in [0.15, 0.2) is 0 Å². The van der Waals surface area contributed by atoms with Gasteiger partial charge in [0, 0.05) is 10.9 Å². The van der Waals surface area contributed by atoms with Gasteiger partial charge in [0.05, 0.1) is 0 Å². The van der Waals surface area contributed by atoms with Crippen molar-refractivity contribution < 1.29 is 0 Å². The third-order valence-electron chi connectivity index (χ3n) is 2.27. The van der Waals surface area contributed by atoms with Crippen LogP contribution in [0.25, 0.3) is 0 Å². The van der Waals surface area contributed by atoms with E-state index in [1.165, 1.54) is 23.3 Å². The van der Waals surface area contributed by atoms with E-state index in [-0.39, 0.29) is 0 Å². The summed E-state index contributed by atoms with van der Waals surface area (Å²) >= 11 is 1.80. The van der Waals surface area contributed by atoms with Gasteiger partial charge in [-0.3, -0.25) is 0 Å². The Kier molecular flexibility index (Phi) is 1.74. The second kappa shape index (κ2) is 2.61. The molecule has 1 aromatic heterocycles. The highest BCUT2D eigenvalue weighted by atomic mass is 32.1. The summed E-state index contributed by atoms with van der Waals surface area (Å²) in [5.74, 6) is 0.781. The van der Waals surface area contributed by atoms with E-state index >= 15 is 0 Å². The average molecular weight is 167 g/mol. The van der Waals surface area contributed by atoms with Gasteiger partial charge in [-0.15, -0.1) is 11.3 Å². The molecule has 2 rings (SSSR count). The highest BCUT2D eigenvalue weighted by Crippen LogP contribution is 2.40. The first-order valence-corrected chi connectivity index (χ1v) is 4.96. The Bertz CT molecular complexity index is 250. The molecule has 2 heteroatoms. The zero-order chi connectivity index (χ0) is 7.84. The first kappa shape index (κ1) is 7.32. The lowest BCUT2D eigenvalue weighted by atomic mass is 10.1. The maximum absolute atomic E-state index is 6.02. The minimum atomic E-state index is 0.319. The monoisotopic (exact) mass is 167 g/mol. The van der Waals surface area contributed by atoms with Crippen LogP contribution >= 0.6 is 11.3 Å². The maximum atomic E-state index is 6.02. The molecular weight excluding hydrogens is 154 g/mol. The molecule has 1 aliphatic rings. The molecule has 1 aromatic rings. The highest BCUT2D eigenvalue weighted by molar-refractivity contribution is 7.10. The number of hydrogen-bond donors (Lipinski definition) is 1. The fourth-order valence-corrected chi connectivity index (χ4v) is 2.12. The Morgan fingerprint density at radius 1 is 1.64 bits per heavy atom. The summed E-state index contributed by atoms with van der Waals surface area (Å²) in [4.78, 5) is 1.37. The lowest BCUT2D eigenvalue weighted by Gasteiger charge is -2.05. The average Bonchev–Trinajstić information content (AvgIpc) is 2.74. The van der Waals surface area contributed by atoms with E-state index in [1.54, 1.807) is 11.3 Å². The lowest BCUT2D eigenvalue weighted by Crippen LogP contribution is -2.10. The summed E-state index contributed by atoms with van der Waals surface area (Å²) in [5, 5.41) is 2.19. The van der Waals surface area contributed by atoms with E-state index < -0.39 is 0 Å². The normalized spacial score (nSPS) is 20.2. The van der Waals surface area contributed by atoms with E-state index in [4.69, 9.17) is 5.73 Å². The van der Waals surface area contributed by atoms with Crippen molar-refractivity contribution in [2.45, 2.75) is 25.8 Å². The molecule has 0 saturated heterocycles. The smallest absolute Gasteiger partial charge is 0.0331 e. The van der Waals surface area contributed by atoms with Crippen molar-refractivity contribution in [1.29, 1.82) is 0 Å². The molecule has 1 saturated carbocycles. The van der Waals surface area contributed by atoms with Crippen LogP contribution in [0.1, 0.15) is 29.3 Å². The van der Waals surface area contributed by atoms with Crippen LogP contribution in [0.5, 0.6) is 0 Å². The van der Waals surface area contributed by atoms with Gasteiger partial charge in [-0.1, -0.05) is 0 Å². The maximum Gasteiger partial charge on any atom is 0.0331 e. The van der Waals surface area contributed by atoms with Gasteiger partial charge in [0.25, 0.3) is 0 Å². The molecule has 11 heavy (non-hydrogen) atoms. The summed E-state index contributed by atoms with van der Waals surface area (Å²) in [7, 11) is 0. The van der Waals surface area contributed by atoms with Crippen molar-refractivity contribution in [2.24, 2.45) is 11.7 Å². The second-order valence-electron chi connectivity index (χ2n) is 3.35. The van der Waals surface area contributed by atoms with Crippen molar-refractivity contribution in [2.75, 3.05) is 0 Å². The van der Waals surface area contributed by atoms with E-state index in [0.29, 0.717) is 6.04 Å². The molecule has 1 aliphatic carbocycles. The Morgan fingerprint density at radius 2 is 2.36 bits per heavy atom. The predicted octanol–water partition coefficient (Wildman–Crippen LogP) is 2.47. The van der Waals surface area contributed by atoms with E-state index in [2.05, 4.69) is 18.4 Å². The van der Waals surface area contributed by atoms with Crippen molar-refractivity contribution in [3.05, 3.63) is 21.9 Å². The van der Waals surface area contributed by atoms with Crippen LogP contribution in [0.15, 0.2) is 11.4 Å². The zero-order valence-electron chi connectivity index (χ0n) is 6.71. The number of nitrogens with two attached hydrogens (primary N) is 1. The molecule has 2 N–H and O–H groups in total. The molecule has 60 valence electrons. The molecule has 0 amide bonds. The van der Waals surface area contributed by atoms with Crippen LogP contribution in [0, 0.1) is 12.8 Å². The van der Waals surface area contributed by atoms with Crippen LogP contribution in [0.4, 0.5) is 0 Å². The quantitative estimate of drug-likeness (QED) is 0.719. The predicted molar refractivity (Wildman–Crippen MR) is 48.7 cm³/mol. The van der Waals surface area contributed by atoms with Gasteiger partial charge in [-0.05, 0) is 42.7 Å². The van der Waals surface area contributed by atoms with E-state index in [0.717, 1.165) is 5.92 Å². The Labute approximate surface area is 71.2 Å². The summed E-state index contributed by atoms with van der Waals surface area (Å²) in [5.41, 5.74) is 7.36. The third kappa shape index (κ3) is 1.47. The minimum Gasteiger partial charge on any atom is -0.324 e. The Hall–Kier alpha value is -0.340. The van der Waals surface area contributed by atoms with Gasteiger partial charge in [0.1, 0.15) is 0 Å². The van der Waals surface area contributed by atoms with Crippen molar-refractivity contribution in [1.82, 2.24) is 0 Å². The fourth-order valence-electron chi connectivity index (χ4n) is 1.37. The lowest BCUT2D eigenvalue weighted by molar-refractivity contribution is 0.635. The number of rotatable bonds is 2. The van der Waals surface area contributed by atoms with Crippen LogP contribution in [0.3, 0.4) is 0 Å². The Balaban J connectivity index is 2.14. The van der Waals surface area contributed by atoms with E-state index in [9.17, 15) is 0 Å². The van der Waals surface area contributed by atoms with Gasteiger partial charge >= 0.3 is 0 Å². The summed E-state index contributed by atoms with van der Waals surface area (Å²) < 4.78 is 0.